The quantitative estimate of drug-likeness (QED) is 0.593. The van der Waals surface area contributed by atoms with Crippen LogP contribution in [0.2, 0.25) is 0 Å². The Labute approximate surface area is 127 Å². The molecular formula is C16H15N3OS. The molecule has 0 aliphatic rings. The predicted octanol–water partition coefficient (Wildman–Crippen LogP) is 3.43. The molecule has 5 heteroatoms. The lowest BCUT2D eigenvalue weighted by molar-refractivity contribution is 0.298. The van der Waals surface area contributed by atoms with E-state index in [1.54, 1.807) is 22.5 Å². The number of fused-ring (bicyclic) bond motifs is 1. The fourth-order valence-corrected chi connectivity index (χ4v) is 2.75. The minimum Gasteiger partial charge on any atom is -0.376 e. The fourth-order valence-electron chi connectivity index (χ4n) is 1.94. The van der Waals surface area contributed by atoms with Gasteiger partial charge in [-0.25, -0.2) is 9.98 Å². The summed E-state index contributed by atoms with van der Waals surface area (Å²) in [7, 11) is 1.84. The number of aliphatic hydroxyl groups is 1. The van der Waals surface area contributed by atoms with Crippen LogP contribution in [-0.2, 0) is 0 Å². The summed E-state index contributed by atoms with van der Waals surface area (Å²) in [6.45, 7) is -0.000853. The topological polar surface area (TPSA) is 48.7 Å². The Morgan fingerprint density at radius 2 is 1.95 bits per heavy atom. The molecule has 0 amide bonds. The third-order valence-electron chi connectivity index (χ3n) is 3.15. The van der Waals surface area contributed by atoms with E-state index < -0.39 is 0 Å². The molecule has 4 nitrogen and oxygen atoms in total. The maximum absolute atomic E-state index is 9.07. The van der Waals surface area contributed by atoms with Crippen molar-refractivity contribution < 1.29 is 5.11 Å². The van der Waals surface area contributed by atoms with Crippen molar-refractivity contribution in [2.45, 2.75) is 0 Å². The Morgan fingerprint density at radius 3 is 2.67 bits per heavy atom. The molecule has 0 atom stereocenters. The van der Waals surface area contributed by atoms with Gasteiger partial charge in [0, 0.05) is 18.9 Å². The first-order chi connectivity index (χ1) is 10.3. The van der Waals surface area contributed by atoms with Gasteiger partial charge < -0.3 is 10.0 Å². The van der Waals surface area contributed by atoms with Gasteiger partial charge >= 0.3 is 0 Å². The summed E-state index contributed by atoms with van der Waals surface area (Å²) in [6, 6.07) is 15.9. The first kappa shape index (κ1) is 13.7. The minimum absolute atomic E-state index is 0.000853. The van der Waals surface area contributed by atoms with Gasteiger partial charge in [-0.2, -0.15) is 0 Å². The minimum atomic E-state index is -0.000853. The summed E-state index contributed by atoms with van der Waals surface area (Å²) < 4.78 is 1.14. The summed E-state index contributed by atoms with van der Waals surface area (Å²) in [5.41, 5.74) is 2.95. The van der Waals surface area contributed by atoms with Crippen molar-refractivity contribution in [3.8, 4) is 0 Å². The molecule has 3 aromatic rings. The molecule has 0 unspecified atom stereocenters. The molecule has 0 fully saturated rings. The van der Waals surface area contributed by atoms with Gasteiger partial charge in [0.05, 0.1) is 10.2 Å². The Bertz CT molecular complexity index is 732. The Morgan fingerprint density at radius 1 is 1.19 bits per heavy atom. The number of aliphatic hydroxyl groups excluding tert-OH is 1. The second-order valence-corrected chi connectivity index (χ2v) is 5.66. The number of anilines is 1. The second-order valence-electron chi connectivity index (χ2n) is 4.65. The Kier molecular flexibility index (Phi) is 3.94. The number of aromatic nitrogens is 1. The van der Waals surface area contributed by atoms with Crippen molar-refractivity contribution in [3.05, 3.63) is 54.1 Å². The smallest absolute Gasteiger partial charge is 0.210 e. The Hall–Kier alpha value is -2.24. The summed E-state index contributed by atoms with van der Waals surface area (Å²) in [5, 5.41) is 9.83. The molecule has 0 saturated heterocycles. The fraction of sp³-hybridized carbons (Fsp3) is 0.125. The average molecular weight is 297 g/mol. The van der Waals surface area contributed by atoms with E-state index in [1.165, 1.54) is 0 Å². The van der Waals surface area contributed by atoms with Crippen molar-refractivity contribution in [1.82, 2.24) is 4.98 Å². The molecule has 1 aromatic heterocycles. The summed E-state index contributed by atoms with van der Waals surface area (Å²) in [5.74, 6) is 0. The van der Waals surface area contributed by atoms with Crippen LogP contribution in [0.5, 0.6) is 0 Å². The number of hydrogen-bond donors (Lipinski definition) is 1. The third-order valence-corrected chi connectivity index (χ3v) is 4.10. The number of thiazole rings is 1. The predicted molar refractivity (Wildman–Crippen MR) is 88.8 cm³/mol. The van der Waals surface area contributed by atoms with Gasteiger partial charge in [-0.3, -0.25) is 0 Å². The van der Waals surface area contributed by atoms with Crippen molar-refractivity contribution in [3.63, 3.8) is 0 Å². The van der Waals surface area contributed by atoms with Crippen LogP contribution >= 0.6 is 11.3 Å². The van der Waals surface area contributed by atoms with Crippen molar-refractivity contribution in [1.29, 1.82) is 0 Å². The lowest BCUT2D eigenvalue weighted by Gasteiger charge is -2.15. The van der Waals surface area contributed by atoms with Crippen LogP contribution in [0, 0.1) is 0 Å². The van der Waals surface area contributed by atoms with Crippen molar-refractivity contribution in [2.24, 2.45) is 4.99 Å². The van der Waals surface area contributed by atoms with Crippen LogP contribution in [0.15, 0.2) is 53.5 Å². The normalized spacial score (nSPS) is 11.3. The van der Waals surface area contributed by atoms with E-state index >= 15 is 0 Å². The molecule has 0 aliphatic heterocycles. The largest absolute Gasteiger partial charge is 0.376 e. The molecule has 0 radical (unpaired) electrons. The monoisotopic (exact) mass is 297 g/mol. The molecule has 1 heterocycles. The highest BCUT2D eigenvalue weighted by atomic mass is 32.1. The SMILES string of the molecule is CN(CO)c1ccc(/C=N/c2nc3ccccc3s2)cc1. The maximum Gasteiger partial charge on any atom is 0.210 e. The average Bonchev–Trinajstić information content (AvgIpc) is 2.95. The zero-order valence-electron chi connectivity index (χ0n) is 11.6. The summed E-state index contributed by atoms with van der Waals surface area (Å²) in [6.07, 6.45) is 1.81. The number of hydrogen-bond acceptors (Lipinski definition) is 5. The lowest BCUT2D eigenvalue weighted by Crippen LogP contribution is -2.17. The highest BCUT2D eigenvalue weighted by Gasteiger charge is 2.01. The molecule has 0 aliphatic carbocycles. The third kappa shape index (κ3) is 3.09. The maximum atomic E-state index is 9.07. The molecule has 21 heavy (non-hydrogen) atoms. The molecule has 3 rings (SSSR count). The number of aliphatic imine (C=N–C) groups is 1. The number of para-hydroxylation sites is 1. The van der Waals surface area contributed by atoms with Gasteiger partial charge in [0.1, 0.15) is 6.73 Å². The van der Waals surface area contributed by atoms with Gasteiger partial charge in [-0.1, -0.05) is 35.6 Å². The van der Waals surface area contributed by atoms with Crippen LogP contribution in [0.3, 0.4) is 0 Å². The van der Waals surface area contributed by atoms with E-state index in [4.69, 9.17) is 5.11 Å². The number of benzene rings is 2. The van der Waals surface area contributed by atoms with E-state index in [-0.39, 0.29) is 6.73 Å². The van der Waals surface area contributed by atoms with Crippen LogP contribution in [0.4, 0.5) is 10.8 Å². The van der Waals surface area contributed by atoms with Crippen LogP contribution in [-0.4, -0.2) is 30.1 Å². The van der Waals surface area contributed by atoms with Crippen LogP contribution < -0.4 is 4.90 Å². The van der Waals surface area contributed by atoms with E-state index in [0.717, 1.165) is 26.6 Å². The first-order valence-corrected chi connectivity index (χ1v) is 7.39. The summed E-state index contributed by atoms with van der Waals surface area (Å²) >= 11 is 1.58. The Balaban J connectivity index is 1.79. The van der Waals surface area contributed by atoms with Crippen LogP contribution in [0.1, 0.15) is 5.56 Å². The van der Waals surface area contributed by atoms with Crippen molar-refractivity contribution >= 4 is 38.6 Å². The van der Waals surface area contributed by atoms with E-state index in [9.17, 15) is 0 Å². The van der Waals surface area contributed by atoms with E-state index in [2.05, 4.69) is 9.98 Å². The number of nitrogens with zero attached hydrogens (tertiary/aromatic N) is 3. The standard InChI is InChI=1S/C16H15N3OS/c1-19(11-20)13-8-6-12(7-9-13)10-17-16-18-14-4-2-3-5-15(14)21-16/h2-10,20H,11H2,1H3/b17-10+. The van der Waals surface area contributed by atoms with Gasteiger partial charge in [-0.15, -0.1) is 0 Å². The number of rotatable bonds is 4. The molecule has 2 aromatic carbocycles. The van der Waals surface area contributed by atoms with Crippen LogP contribution in [0.25, 0.3) is 10.2 Å². The van der Waals surface area contributed by atoms with E-state index in [1.807, 2.05) is 55.6 Å². The highest BCUT2D eigenvalue weighted by molar-refractivity contribution is 7.22. The lowest BCUT2D eigenvalue weighted by atomic mass is 10.2. The van der Waals surface area contributed by atoms with Gasteiger partial charge in [-0.05, 0) is 29.8 Å². The molecule has 106 valence electrons. The zero-order valence-corrected chi connectivity index (χ0v) is 12.4. The molecule has 0 saturated carbocycles. The first-order valence-electron chi connectivity index (χ1n) is 6.58. The zero-order chi connectivity index (χ0) is 14.7. The van der Waals surface area contributed by atoms with Gasteiger partial charge in [0.2, 0.25) is 5.13 Å². The van der Waals surface area contributed by atoms with E-state index in [0.29, 0.717) is 0 Å². The molecular weight excluding hydrogens is 282 g/mol. The molecule has 0 spiro atoms. The van der Waals surface area contributed by atoms with Crippen molar-refractivity contribution in [2.75, 3.05) is 18.7 Å². The summed E-state index contributed by atoms with van der Waals surface area (Å²) in [4.78, 5) is 10.7. The molecule has 0 bridgehead atoms. The van der Waals surface area contributed by atoms with Gasteiger partial charge in [0.25, 0.3) is 0 Å². The van der Waals surface area contributed by atoms with Gasteiger partial charge in [0.15, 0.2) is 0 Å². The second kappa shape index (κ2) is 6.03. The highest BCUT2D eigenvalue weighted by Crippen LogP contribution is 2.27. The molecule has 1 N–H and O–H groups in total.